The molecule has 2 aromatic heterocycles. The van der Waals surface area contributed by atoms with Crippen LogP contribution in [0, 0.1) is 6.92 Å². The zero-order valence-corrected chi connectivity index (χ0v) is 9.33. The zero-order chi connectivity index (χ0) is 10.8. The molecule has 0 saturated carbocycles. The Bertz CT molecular complexity index is 477. The van der Waals surface area contributed by atoms with Crippen molar-refractivity contribution < 1.29 is 9.21 Å². The van der Waals surface area contributed by atoms with E-state index in [1.54, 1.807) is 13.0 Å². The van der Waals surface area contributed by atoms with Gasteiger partial charge in [-0.15, -0.1) is 0 Å². The van der Waals surface area contributed by atoms with E-state index in [1.807, 2.05) is 0 Å². The molecule has 2 N–H and O–H groups in total. The molecule has 0 radical (unpaired) electrons. The van der Waals surface area contributed by atoms with Crippen LogP contribution in [0.4, 0.5) is 5.95 Å². The molecule has 0 fully saturated rings. The van der Waals surface area contributed by atoms with E-state index in [2.05, 4.69) is 36.4 Å². The van der Waals surface area contributed by atoms with E-state index in [4.69, 9.17) is 4.42 Å². The quantitative estimate of drug-likeness (QED) is 0.871. The monoisotopic (exact) mass is 270 g/mol. The number of hydrogen-bond acceptors (Lipinski definition) is 4. The molecule has 2 aromatic rings. The first-order chi connectivity index (χ1) is 7.16. The number of aryl methyl sites for hydroxylation is 1. The van der Waals surface area contributed by atoms with E-state index in [0.717, 1.165) is 5.56 Å². The van der Waals surface area contributed by atoms with E-state index >= 15 is 0 Å². The topological polar surface area (TPSA) is 83.8 Å². The lowest BCUT2D eigenvalue weighted by Crippen LogP contribution is -2.13. The van der Waals surface area contributed by atoms with E-state index in [0.29, 0.717) is 4.67 Å². The molecule has 6 nitrogen and oxygen atoms in total. The number of nitrogens with zero attached hydrogens (tertiary/aromatic N) is 2. The number of carbonyl (C=O) groups is 1. The summed E-state index contributed by atoms with van der Waals surface area (Å²) in [6, 6.07) is 1.72. The van der Waals surface area contributed by atoms with E-state index in [1.165, 1.54) is 6.33 Å². The fourth-order valence-electron chi connectivity index (χ4n) is 1.10. The maximum atomic E-state index is 11.6. The molecule has 0 aliphatic heterocycles. The van der Waals surface area contributed by atoms with Crippen LogP contribution in [0.2, 0.25) is 0 Å². The third-order valence-corrected chi connectivity index (χ3v) is 2.13. The van der Waals surface area contributed by atoms with Crippen molar-refractivity contribution in [2.45, 2.75) is 6.92 Å². The molecule has 0 aliphatic carbocycles. The second-order valence-corrected chi connectivity index (χ2v) is 3.63. The van der Waals surface area contributed by atoms with Crippen LogP contribution in [-0.4, -0.2) is 21.1 Å². The smallest absolute Gasteiger partial charge is 0.294 e. The Morgan fingerprint density at radius 1 is 1.67 bits per heavy atom. The number of aromatic amines is 1. The number of halogens is 1. The van der Waals surface area contributed by atoms with Crippen molar-refractivity contribution >= 4 is 27.8 Å². The minimum atomic E-state index is -0.366. The summed E-state index contributed by atoms with van der Waals surface area (Å²) in [6.07, 6.45) is 1.31. The number of anilines is 1. The molecule has 0 bridgehead atoms. The first-order valence-electron chi connectivity index (χ1n) is 4.09. The number of rotatable bonds is 2. The highest BCUT2D eigenvalue weighted by Gasteiger charge is 2.15. The highest BCUT2D eigenvalue weighted by atomic mass is 79.9. The summed E-state index contributed by atoms with van der Waals surface area (Å²) in [4.78, 5) is 15.4. The summed E-state index contributed by atoms with van der Waals surface area (Å²) >= 11 is 3.15. The number of H-pyrrole nitrogens is 1. The predicted molar refractivity (Wildman–Crippen MR) is 55.5 cm³/mol. The number of furan rings is 1. The largest absolute Gasteiger partial charge is 0.444 e. The molecule has 0 aromatic carbocycles. The number of amides is 1. The van der Waals surface area contributed by atoms with Gasteiger partial charge < -0.3 is 4.42 Å². The van der Waals surface area contributed by atoms with Gasteiger partial charge in [-0.05, 0) is 28.9 Å². The molecule has 78 valence electrons. The van der Waals surface area contributed by atoms with Gasteiger partial charge in [0.1, 0.15) is 6.33 Å². The van der Waals surface area contributed by atoms with E-state index < -0.39 is 0 Å². The standard InChI is InChI=1S/C8H7BrN4O2/c1-4-2-5(9)15-6(4)7(14)12-8-10-3-11-13-8/h2-3H,1H3,(H2,10,11,12,13,14). The van der Waals surface area contributed by atoms with Crippen LogP contribution in [0.1, 0.15) is 16.1 Å². The minimum Gasteiger partial charge on any atom is -0.444 e. The van der Waals surface area contributed by atoms with Crippen molar-refractivity contribution in [2.24, 2.45) is 0 Å². The predicted octanol–water partition coefficient (Wildman–Crippen LogP) is 1.72. The Morgan fingerprint density at radius 3 is 3.00 bits per heavy atom. The van der Waals surface area contributed by atoms with Crippen LogP contribution >= 0.6 is 15.9 Å². The molecule has 1 amide bonds. The molecular formula is C8H7BrN4O2. The highest BCUT2D eigenvalue weighted by Crippen LogP contribution is 2.19. The highest BCUT2D eigenvalue weighted by molar-refractivity contribution is 9.10. The van der Waals surface area contributed by atoms with Crippen molar-refractivity contribution in [1.82, 2.24) is 15.2 Å². The van der Waals surface area contributed by atoms with Gasteiger partial charge >= 0.3 is 0 Å². The molecule has 2 heterocycles. The Labute approximate surface area is 93.2 Å². The molecule has 0 unspecified atom stereocenters. The fraction of sp³-hybridized carbons (Fsp3) is 0.125. The summed E-state index contributed by atoms with van der Waals surface area (Å²) < 4.78 is 5.68. The molecule has 0 atom stereocenters. The molecule has 0 aliphatic rings. The van der Waals surface area contributed by atoms with Crippen molar-refractivity contribution in [1.29, 1.82) is 0 Å². The fourth-order valence-corrected chi connectivity index (χ4v) is 1.60. The summed E-state index contributed by atoms with van der Waals surface area (Å²) in [6.45, 7) is 1.78. The first-order valence-corrected chi connectivity index (χ1v) is 4.89. The lowest BCUT2D eigenvalue weighted by molar-refractivity contribution is 0.0994. The Morgan fingerprint density at radius 2 is 2.47 bits per heavy atom. The van der Waals surface area contributed by atoms with E-state index in [-0.39, 0.29) is 17.6 Å². The van der Waals surface area contributed by atoms with Crippen molar-refractivity contribution in [2.75, 3.05) is 5.32 Å². The third-order valence-electron chi connectivity index (χ3n) is 1.74. The Hall–Kier alpha value is -1.63. The number of aromatic nitrogens is 3. The lowest BCUT2D eigenvalue weighted by Gasteiger charge is -1.98. The van der Waals surface area contributed by atoms with Crippen molar-refractivity contribution in [3.63, 3.8) is 0 Å². The molecule has 0 saturated heterocycles. The maximum absolute atomic E-state index is 11.6. The second-order valence-electron chi connectivity index (χ2n) is 2.85. The minimum absolute atomic E-state index is 0.248. The van der Waals surface area contributed by atoms with Gasteiger partial charge in [0.05, 0.1) is 0 Å². The Balaban J connectivity index is 2.18. The lowest BCUT2D eigenvalue weighted by atomic mass is 10.3. The SMILES string of the molecule is Cc1cc(Br)oc1C(=O)Nc1ncn[nH]1. The van der Waals surface area contributed by atoms with Gasteiger partial charge in [0, 0.05) is 5.56 Å². The summed E-state index contributed by atoms with van der Waals surface area (Å²) in [5.41, 5.74) is 0.749. The van der Waals surface area contributed by atoms with Crippen LogP contribution in [0.25, 0.3) is 0 Å². The normalized spacial score (nSPS) is 10.3. The average molecular weight is 271 g/mol. The number of nitrogens with one attached hydrogen (secondary N) is 2. The van der Waals surface area contributed by atoms with Crippen molar-refractivity contribution in [3.8, 4) is 0 Å². The van der Waals surface area contributed by atoms with Crippen LogP contribution in [0.15, 0.2) is 21.5 Å². The molecule has 15 heavy (non-hydrogen) atoms. The van der Waals surface area contributed by atoms with Gasteiger partial charge in [0.25, 0.3) is 5.91 Å². The Kier molecular flexibility index (Phi) is 2.55. The molecule has 2 rings (SSSR count). The molecular weight excluding hydrogens is 264 g/mol. The average Bonchev–Trinajstić information content (AvgIpc) is 2.75. The van der Waals surface area contributed by atoms with Crippen molar-refractivity contribution in [3.05, 3.63) is 28.4 Å². The van der Waals surface area contributed by atoms with Crippen LogP contribution < -0.4 is 5.32 Å². The summed E-state index contributed by atoms with van der Waals surface area (Å²) in [7, 11) is 0. The van der Waals surface area contributed by atoms with Crippen LogP contribution in [0.5, 0.6) is 0 Å². The third kappa shape index (κ3) is 2.07. The van der Waals surface area contributed by atoms with Gasteiger partial charge in [-0.2, -0.15) is 10.1 Å². The zero-order valence-electron chi connectivity index (χ0n) is 7.74. The first kappa shape index (κ1) is 9.91. The van der Waals surface area contributed by atoms with Gasteiger partial charge in [0.15, 0.2) is 10.4 Å². The van der Waals surface area contributed by atoms with Gasteiger partial charge in [-0.25, -0.2) is 5.10 Å². The van der Waals surface area contributed by atoms with E-state index in [9.17, 15) is 4.79 Å². The van der Waals surface area contributed by atoms with Gasteiger partial charge in [-0.1, -0.05) is 0 Å². The van der Waals surface area contributed by atoms with Crippen LogP contribution in [-0.2, 0) is 0 Å². The van der Waals surface area contributed by atoms with Gasteiger partial charge in [0.2, 0.25) is 5.95 Å². The molecule has 7 heteroatoms. The number of hydrogen-bond donors (Lipinski definition) is 2. The van der Waals surface area contributed by atoms with Gasteiger partial charge in [-0.3, -0.25) is 10.1 Å². The van der Waals surface area contributed by atoms with Crippen LogP contribution in [0.3, 0.4) is 0 Å². The second kappa shape index (κ2) is 3.85. The molecule has 0 spiro atoms. The summed E-state index contributed by atoms with van der Waals surface area (Å²) in [5, 5.41) is 8.63. The number of carbonyl (C=O) groups excluding carboxylic acids is 1. The summed E-state index contributed by atoms with van der Waals surface area (Å²) in [5.74, 6) is 0.167. The maximum Gasteiger partial charge on any atom is 0.294 e.